The first-order valence-electron chi connectivity index (χ1n) is 7.74. The van der Waals surface area contributed by atoms with Gasteiger partial charge in [0, 0.05) is 12.2 Å². The minimum Gasteiger partial charge on any atom is -0.325 e. The normalized spacial score (nSPS) is 21.4. The van der Waals surface area contributed by atoms with Crippen molar-refractivity contribution in [3.8, 4) is 0 Å². The number of benzene rings is 1. The van der Waals surface area contributed by atoms with E-state index in [1.807, 2.05) is 19.1 Å². The highest BCUT2D eigenvalue weighted by molar-refractivity contribution is 5.94. The first kappa shape index (κ1) is 15.0. The summed E-state index contributed by atoms with van der Waals surface area (Å²) in [4.78, 5) is 14.6. The van der Waals surface area contributed by atoms with Crippen LogP contribution in [0.2, 0.25) is 0 Å². The minimum atomic E-state index is -0.0522. The van der Waals surface area contributed by atoms with Crippen molar-refractivity contribution in [2.24, 2.45) is 5.92 Å². The van der Waals surface area contributed by atoms with Crippen molar-refractivity contribution in [2.45, 2.75) is 46.1 Å². The predicted molar refractivity (Wildman–Crippen MR) is 83.9 cm³/mol. The average Bonchev–Trinajstić information content (AvgIpc) is 2.47. The van der Waals surface area contributed by atoms with Crippen LogP contribution in [0, 0.1) is 5.92 Å². The number of piperidine rings is 1. The summed E-state index contributed by atoms with van der Waals surface area (Å²) in [6.45, 7) is 8.47. The molecule has 20 heavy (non-hydrogen) atoms. The zero-order chi connectivity index (χ0) is 14.5. The minimum absolute atomic E-state index is 0.0522. The molecule has 2 atom stereocenters. The fourth-order valence-electron chi connectivity index (χ4n) is 2.81. The third-order valence-electron chi connectivity index (χ3n) is 4.25. The summed E-state index contributed by atoms with van der Waals surface area (Å²) in [5.74, 6) is 0.797. The van der Waals surface area contributed by atoms with Gasteiger partial charge in [0.2, 0.25) is 5.91 Å². The quantitative estimate of drug-likeness (QED) is 0.913. The van der Waals surface area contributed by atoms with Gasteiger partial charge in [0.1, 0.15) is 0 Å². The predicted octanol–water partition coefficient (Wildman–Crippen LogP) is 3.31. The van der Waals surface area contributed by atoms with E-state index >= 15 is 0 Å². The molecule has 0 aliphatic carbocycles. The molecule has 110 valence electrons. The Morgan fingerprint density at radius 2 is 2.10 bits per heavy atom. The van der Waals surface area contributed by atoms with Gasteiger partial charge in [0.05, 0.1) is 6.04 Å². The van der Waals surface area contributed by atoms with E-state index in [4.69, 9.17) is 0 Å². The first-order valence-corrected chi connectivity index (χ1v) is 7.74. The van der Waals surface area contributed by atoms with Gasteiger partial charge in [-0.25, -0.2) is 0 Å². The van der Waals surface area contributed by atoms with Crippen LogP contribution in [0.4, 0.5) is 5.69 Å². The van der Waals surface area contributed by atoms with Crippen LogP contribution in [0.15, 0.2) is 24.3 Å². The number of hydrogen-bond acceptors (Lipinski definition) is 2. The van der Waals surface area contributed by atoms with E-state index in [-0.39, 0.29) is 11.9 Å². The van der Waals surface area contributed by atoms with E-state index in [9.17, 15) is 4.79 Å². The zero-order valence-corrected chi connectivity index (χ0v) is 12.9. The summed E-state index contributed by atoms with van der Waals surface area (Å²) >= 11 is 0. The van der Waals surface area contributed by atoms with Gasteiger partial charge in [-0.05, 0) is 56.3 Å². The Bertz CT molecular complexity index is 441. The molecule has 1 aliphatic rings. The van der Waals surface area contributed by atoms with Crippen LogP contribution in [-0.4, -0.2) is 29.9 Å². The van der Waals surface area contributed by atoms with Gasteiger partial charge < -0.3 is 5.32 Å². The Kier molecular flexibility index (Phi) is 5.18. The molecular weight excluding hydrogens is 248 g/mol. The van der Waals surface area contributed by atoms with E-state index in [1.165, 1.54) is 18.4 Å². The number of likely N-dealkylation sites (tertiary alicyclic amines) is 1. The monoisotopic (exact) mass is 274 g/mol. The highest BCUT2D eigenvalue weighted by atomic mass is 16.2. The molecule has 0 aromatic heterocycles. The zero-order valence-electron chi connectivity index (χ0n) is 12.9. The third kappa shape index (κ3) is 3.83. The molecule has 0 bridgehead atoms. The standard InChI is InChI=1S/C17H26N2O/c1-4-15-7-9-16(10-8-15)18-17(20)14(3)19-11-5-6-13(2)12-19/h7-10,13-14H,4-6,11-12H2,1-3H3,(H,18,20). The van der Waals surface area contributed by atoms with Crippen LogP contribution in [0.5, 0.6) is 0 Å². The number of nitrogens with zero attached hydrogens (tertiary/aromatic N) is 1. The number of anilines is 1. The number of carbonyl (C=O) groups excluding carboxylic acids is 1. The van der Waals surface area contributed by atoms with E-state index in [0.29, 0.717) is 5.92 Å². The lowest BCUT2D eigenvalue weighted by Crippen LogP contribution is -2.46. The Hall–Kier alpha value is -1.35. The molecule has 1 aromatic rings. The lowest BCUT2D eigenvalue weighted by atomic mass is 9.99. The van der Waals surface area contributed by atoms with Crippen LogP contribution in [0.3, 0.4) is 0 Å². The van der Waals surface area contributed by atoms with Gasteiger partial charge in [0.15, 0.2) is 0 Å². The van der Waals surface area contributed by atoms with Crippen LogP contribution in [0.1, 0.15) is 39.2 Å². The van der Waals surface area contributed by atoms with Crippen LogP contribution < -0.4 is 5.32 Å². The van der Waals surface area contributed by atoms with E-state index < -0.39 is 0 Å². The molecule has 1 fully saturated rings. The average molecular weight is 274 g/mol. The Morgan fingerprint density at radius 3 is 2.70 bits per heavy atom. The Labute approximate surface area is 122 Å². The van der Waals surface area contributed by atoms with Crippen molar-refractivity contribution in [1.29, 1.82) is 0 Å². The Morgan fingerprint density at radius 1 is 1.40 bits per heavy atom. The van der Waals surface area contributed by atoms with E-state index in [1.54, 1.807) is 0 Å². The molecule has 0 saturated carbocycles. The molecule has 2 rings (SSSR count). The third-order valence-corrected chi connectivity index (χ3v) is 4.25. The highest BCUT2D eigenvalue weighted by Crippen LogP contribution is 2.18. The molecule has 3 nitrogen and oxygen atoms in total. The van der Waals surface area contributed by atoms with Crippen LogP contribution in [-0.2, 0) is 11.2 Å². The van der Waals surface area contributed by atoms with Gasteiger partial charge in [0.25, 0.3) is 0 Å². The highest BCUT2D eigenvalue weighted by Gasteiger charge is 2.25. The fourth-order valence-corrected chi connectivity index (χ4v) is 2.81. The lowest BCUT2D eigenvalue weighted by Gasteiger charge is -2.34. The Balaban J connectivity index is 1.92. The molecule has 2 unspecified atom stereocenters. The molecule has 0 spiro atoms. The van der Waals surface area contributed by atoms with Crippen molar-refractivity contribution in [3.05, 3.63) is 29.8 Å². The van der Waals surface area contributed by atoms with Crippen molar-refractivity contribution in [2.75, 3.05) is 18.4 Å². The molecule has 1 saturated heterocycles. The van der Waals surface area contributed by atoms with Crippen LogP contribution >= 0.6 is 0 Å². The SMILES string of the molecule is CCc1ccc(NC(=O)C(C)N2CCCC(C)C2)cc1. The first-order chi connectivity index (χ1) is 9.60. The van der Waals surface area contributed by atoms with Gasteiger partial charge >= 0.3 is 0 Å². The van der Waals surface area contributed by atoms with Crippen molar-refractivity contribution >= 4 is 11.6 Å². The van der Waals surface area contributed by atoms with E-state index in [0.717, 1.165) is 25.2 Å². The molecule has 3 heteroatoms. The van der Waals surface area contributed by atoms with Crippen LogP contribution in [0.25, 0.3) is 0 Å². The summed E-state index contributed by atoms with van der Waals surface area (Å²) < 4.78 is 0. The van der Waals surface area contributed by atoms with Gasteiger partial charge in [-0.1, -0.05) is 26.0 Å². The summed E-state index contributed by atoms with van der Waals surface area (Å²) in [6, 6.07) is 8.07. The molecule has 1 amide bonds. The summed E-state index contributed by atoms with van der Waals surface area (Å²) in [6.07, 6.45) is 3.50. The second kappa shape index (κ2) is 6.89. The molecule has 1 heterocycles. The maximum Gasteiger partial charge on any atom is 0.241 e. The van der Waals surface area contributed by atoms with Crippen molar-refractivity contribution in [3.63, 3.8) is 0 Å². The number of nitrogens with one attached hydrogen (secondary N) is 1. The van der Waals surface area contributed by atoms with Gasteiger partial charge in [-0.2, -0.15) is 0 Å². The number of amides is 1. The topological polar surface area (TPSA) is 32.3 Å². The molecule has 1 aliphatic heterocycles. The molecular formula is C17H26N2O. The fraction of sp³-hybridized carbons (Fsp3) is 0.588. The summed E-state index contributed by atoms with van der Waals surface area (Å²) in [7, 11) is 0. The summed E-state index contributed by atoms with van der Waals surface area (Å²) in [5.41, 5.74) is 2.19. The number of rotatable bonds is 4. The van der Waals surface area contributed by atoms with Crippen molar-refractivity contribution in [1.82, 2.24) is 4.90 Å². The molecule has 1 aromatic carbocycles. The second-order valence-electron chi connectivity index (χ2n) is 5.96. The number of carbonyl (C=O) groups is 1. The molecule has 0 radical (unpaired) electrons. The summed E-state index contributed by atoms with van der Waals surface area (Å²) in [5, 5.41) is 3.02. The van der Waals surface area contributed by atoms with Gasteiger partial charge in [-0.3, -0.25) is 9.69 Å². The second-order valence-corrected chi connectivity index (χ2v) is 5.96. The number of aryl methyl sites for hydroxylation is 1. The van der Waals surface area contributed by atoms with Gasteiger partial charge in [-0.15, -0.1) is 0 Å². The largest absolute Gasteiger partial charge is 0.325 e. The van der Waals surface area contributed by atoms with E-state index in [2.05, 4.69) is 36.2 Å². The maximum atomic E-state index is 12.3. The van der Waals surface area contributed by atoms with Crippen molar-refractivity contribution < 1.29 is 4.79 Å². The lowest BCUT2D eigenvalue weighted by molar-refractivity contribution is -0.121. The number of hydrogen-bond donors (Lipinski definition) is 1. The smallest absolute Gasteiger partial charge is 0.241 e. The molecule has 1 N–H and O–H groups in total. The maximum absolute atomic E-state index is 12.3.